The van der Waals surface area contributed by atoms with Crippen molar-refractivity contribution in [3.63, 3.8) is 0 Å². The summed E-state index contributed by atoms with van der Waals surface area (Å²) in [5, 5.41) is 3.62. The summed E-state index contributed by atoms with van der Waals surface area (Å²) < 4.78 is 0. The van der Waals surface area contributed by atoms with Crippen molar-refractivity contribution in [1.29, 1.82) is 0 Å². The molecule has 0 bridgehead atoms. The molecule has 3 atom stereocenters. The molecule has 98 valence electrons. The zero-order valence-corrected chi connectivity index (χ0v) is 11.1. The first-order chi connectivity index (χ1) is 8.61. The summed E-state index contributed by atoms with van der Waals surface area (Å²) in [6.45, 7) is 4.52. The van der Waals surface area contributed by atoms with Gasteiger partial charge in [0, 0.05) is 17.6 Å². The van der Waals surface area contributed by atoms with Crippen molar-refractivity contribution in [3.8, 4) is 0 Å². The van der Waals surface area contributed by atoms with Crippen molar-refractivity contribution >= 4 is 5.78 Å². The lowest BCUT2D eigenvalue weighted by molar-refractivity contribution is 0.101. The Hall–Kier alpha value is -1.19. The van der Waals surface area contributed by atoms with Crippen LogP contribution in [0.5, 0.6) is 0 Å². The summed E-state index contributed by atoms with van der Waals surface area (Å²) in [6, 6.07) is 8.77. The maximum atomic E-state index is 11.3. The smallest absolute Gasteiger partial charge is 0.159 e. The number of piperidine rings is 1. The summed E-state index contributed by atoms with van der Waals surface area (Å²) in [5.41, 5.74) is 7.87. The van der Waals surface area contributed by atoms with E-state index in [-0.39, 0.29) is 5.78 Å². The molecule has 0 radical (unpaired) electrons. The predicted octanol–water partition coefficient (Wildman–Crippen LogP) is 2.28. The largest absolute Gasteiger partial charge is 0.330 e. The molecule has 1 heterocycles. The zero-order chi connectivity index (χ0) is 13.1. The molecule has 2 rings (SSSR count). The second-order valence-electron chi connectivity index (χ2n) is 5.30. The summed E-state index contributed by atoms with van der Waals surface area (Å²) in [4.78, 5) is 11.3. The lowest BCUT2D eigenvalue weighted by Gasteiger charge is -2.36. The number of hydrogen-bond acceptors (Lipinski definition) is 3. The molecule has 0 aliphatic carbocycles. The van der Waals surface area contributed by atoms with E-state index in [1.165, 1.54) is 18.4 Å². The Labute approximate surface area is 109 Å². The number of benzene rings is 1. The lowest BCUT2D eigenvalue weighted by Crippen LogP contribution is -2.42. The van der Waals surface area contributed by atoms with Gasteiger partial charge in [-0.15, -0.1) is 0 Å². The van der Waals surface area contributed by atoms with E-state index in [1.54, 1.807) is 6.92 Å². The third kappa shape index (κ3) is 2.79. The van der Waals surface area contributed by atoms with Crippen LogP contribution in [0.4, 0.5) is 0 Å². The van der Waals surface area contributed by atoms with Gasteiger partial charge in [0.2, 0.25) is 0 Å². The van der Waals surface area contributed by atoms with Crippen molar-refractivity contribution in [3.05, 3.63) is 35.4 Å². The van der Waals surface area contributed by atoms with Gasteiger partial charge in [0.1, 0.15) is 0 Å². The van der Waals surface area contributed by atoms with Gasteiger partial charge in [0.05, 0.1) is 0 Å². The Bertz CT molecular complexity index is 413. The maximum Gasteiger partial charge on any atom is 0.159 e. The van der Waals surface area contributed by atoms with Crippen LogP contribution < -0.4 is 11.1 Å². The number of carbonyl (C=O) groups excluding carboxylic acids is 1. The van der Waals surface area contributed by atoms with Gasteiger partial charge in [-0.1, -0.05) is 24.3 Å². The van der Waals surface area contributed by atoms with Gasteiger partial charge in [-0.3, -0.25) is 4.79 Å². The molecule has 1 fully saturated rings. The molecule has 3 N–H and O–H groups in total. The number of Topliss-reactive ketones (excluding diaryl/α,β-unsaturated/α-hetero) is 1. The van der Waals surface area contributed by atoms with Crippen LogP contribution >= 0.6 is 0 Å². The van der Waals surface area contributed by atoms with E-state index >= 15 is 0 Å². The van der Waals surface area contributed by atoms with E-state index in [2.05, 4.69) is 24.4 Å². The van der Waals surface area contributed by atoms with Crippen LogP contribution in [-0.2, 0) is 0 Å². The highest BCUT2D eigenvalue weighted by atomic mass is 16.1. The number of nitrogens with one attached hydrogen (secondary N) is 1. The van der Waals surface area contributed by atoms with Gasteiger partial charge in [-0.05, 0) is 44.7 Å². The molecule has 0 aromatic heterocycles. The molecule has 3 nitrogen and oxygen atoms in total. The van der Waals surface area contributed by atoms with Crippen molar-refractivity contribution in [2.45, 2.75) is 38.8 Å². The topological polar surface area (TPSA) is 55.1 Å². The Balaban J connectivity index is 2.20. The van der Waals surface area contributed by atoms with Crippen LogP contribution in [0.1, 0.15) is 48.7 Å². The fourth-order valence-corrected chi connectivity index (χ4v) is 2.70. The highest BCUT2D eigenvalue weighted by Gasteiger charge is 2.28. The molecule has 0 spiro atoms. The monoisotopic (exact) mass is 246 g/mol. The maximum absolute atomic E-state index is 11.3. The second kappa shape index (κ2) is 5.63. The van der Waals surface area contributed by atoms with E-state index in [0.29, 0.717) is 24.5 Å². The van der Waals surface area contributed by atoms with Crippen LogP contribution in [0.2, 0.25) is 0 Å². The predicted molar refractivity (Wildman–Crippen MR) is 73.6 cm³/mol. The van der Waals surface area contributed by atoms with Crippen LogP contribution in [0.25, 0.3) is 0 Å². The standard InChI is InChI=1S/C15H22N2O/c1-10-3-4-14(9-16)15(17-10)13-7-5-12(6-8-13)11(2)18/h5-8,10,14-15,17H,3-4,9,16H2,1-2H3. The molecule has 1 aromatic carbocycles. The second-order valence-corrected chi connectivity index (χ2v) is 5.30. The number of ketones is 1. The summed E-state index contributed by atoms with van der Waals surface area (Å²) in [5.74, 6) is 0.603. The molecule has 1 aliphatic heterocycles. The van der Waals surface area contributed by atoms with Gasteiger partial charge >= 0.3 is 0 Å². The Morgan fingerprint density at radius 3 is 2.56 bits per heavy atom. The number of carbonyl (C=O) groups is 1. The van der Waals surface area contributed by atoms with Crippen molar-refractivity contribution in [1.82, 2.24) is 5.32 Å². The molecular formula is C15H22N2O. The van der Waals surface area contributed by atoms with E-state index in [9.17, 15) is 4.79 Å². The fourth-order valence-electron chi connectivity index (χ4n) is 2.70. The zero-order valence-electron chi connectivity index (χ0n) is 11.1. The third-order valence-corrected chi connectivity index (χ3v) is 3.89. The van der Waals surface area contributed by atoms with Crippen LogP contribution in [-0.4, -0.2) is 18.4 Å². The van der Waals surface area contributed by atoms with Gasteiger partial charge in [0.25, 0.3) is 0 Å². The summed E-state index contributed by atoms with van der Waals surface area (Å²) in [7, 11) is 0. The average molecular weight is 246 g/mol. The van der Waals surface area contributed by atoms with Gasteiger partial charge in [-0.2, -0.15) is 0 Å². The minimum Gasteiger partial charge on any atom is -0.330 e. The highest BCUT2D eigenvalue weighted by Crippen LogP contribution is 2.30. The SMILES string of the molecule is CC(=O)c1ccc(C2NC(C)CCC2CN)cc1. The molecule has 0 saturated carbocycles. The highest BCUT2D eigenvalue weighted by molar-refractivity contribution is 5.94. The Kier molecular flexibility index (Phi) is 4.15. The molecular weight excluding hydrogens is 224 g/mol. The molecule has 1 aliphatic rings. The average Bonchev–Trinajstić information content (AvgIpc) is 2.39. The van der Waals surface area contributed by atoms with E-state index in [4.69, 9.17) is 5.73 Å². The molecule has 1 aromatic rings. The first-order valence-electron chi connectivity index (χ1n) is 6.69. The third-order valence-electron chi connectivity index (χ3n) is 3.89. The van der Waals surface area contributed by atoms with Crippen LogP contribution in [0.15, 0.2) is 24.3 Å². The van der Waals surface area contributed by atoms with Crippen LogP contribution in [0.3, 0.4) is 0 Å². The van der Waals surface area contributed by atoms with E-state index < -0.39 is 0 Å². The Morgan fingerprint density at radius 1 is 1.33 bits per heavy atom. The summed E-state index contributed by atoms with van der Waals surface area (Å²) in [6.07, 6.45) is 2.35. The van der Waals surface area contributed by atoms with Crippen molar-refractivity contribution < 1.29 is 4.79 Å². The van der Waals surface area contributed by atoms with E-state index in [1.807, 2.05) is 12.1 Å². The number of hydrogen-bond donors (Lipinski definition) is 2. The Morgan fingerprint density at radius 2 is 2.00 bits per heavy atom. The quantitative estimate of drug-likeness (QED) is 0.804. The normalized spacial score (nSPS) is 28.1. The first kappa shape index (κ1) is 13.2. The van der Waals surface area contributed by atoms with Gasteiger partial charge in [-0.25, -0.2) is 0 Å². The van der Waals surface area contributed by atoms with Crippen LogP contribution in [0, 0.1) is 5.92 Å². The van der Waals surface area contributed by atoms with Crippen molar-refractivity contribution in [2.24, 2.45) is 11.7 Å². The molecule has 3 heteroatoms. The minimum absolute atomic E-state index is 0.113. The van der Waals surface area contributed by atoms with Gasteiger partial charge in [0.15, 0.2) is 5.78 Å². The molecule has 18 heavy (non-hydrogen) atoms. The molecule has 0 amide bonds. The fraction of sp³-hybridized carbons (Fsp3) is 0.533. The molecule has 1 saturated heterocycles. The minimum atomic E-state index is 0.113. The number of rotatable bonds is 3. The van der Waals surface area contributed by atoms with Crippen molar-refractivity contribution in [2.75, 3.05) is 6.54 Å². The first-order valence-corrected chi connectivity index (χ1v) is 6.69. The van der Waals surface area contributed by atoms with E-state index in [0.717, 1.165) is 5.56 Å². The molecule has 3 unspecified atom stereocenters. The number of nitrogens with two attached hydrogens (primary N) is 1. The van der Waals surface area contributed by atoms with Gasteiger partial charge < -0.3 is 11.1 Å². The lowest BCUT2D eigenvalue weighted by atomic mass is 9.84. The summed E-state index contributed by atoms with van der Waals surface area (Å²) >= 11 is 0.